The highest BCUT2D eigenvalue weighted by Gasteiger charge is 2.23. The lowest BCUT2D eigenvalue weighted by Crippen LogP contribution is -2.44. The quantitative estimate of drug-likeness (QED) is 0.899. The van der Waals surface area contributed by atoms with E-state index in [-0.39, 0.29) is 0 Å². The molecule has 0 aliphatic carbocycles. The van der Waals surface area contributed by atoms with Gasteiger partial charge in [0.2, 0.25) is 0 Å². The van der Waals surface area contributed by atoms with Gasteiger partial charge in [-0.25, -0.2) is 0 Å². The van der Waals surface area contributed by atoms with E-state index in [0.717, 1.165) is 19.0 Å². The van der Waals surface area contributed by atoms with Crippen LogP contribution in [0.5, 0.6) is 0 Å². The molecule has 2 aliphatic rings. The molecule has 110 valence electrons. The normalized spacial score (nSPS) is 26.9. The van der Waals surface area contributed by atoms with Gasteiger partial charge >= 0.3 is 0 Å². The van der Waals surface area contributed by atoms with Crippen molar-refractivity contribution < 1.29 is 0 Å². The number of hydrogen-bond acceptors (Lipinski definition) is 3. The average Bonchev–Trinajstić information content (AvgIpc) is 2.83. The maximum Gasteiger partial charge on any atom is 0.0238 e. The molecule has 1 fully saturated rings. The molecule has 0 saturated carbocycles. The van der Waals surface area contributed by atoms with Crippen LogP contribution in [0.4, 0.5) is 0 Å². The number of likely N-dealkylation sites (N-methyl/N-ethyl adjacent to an activating group) is 1. The lowest BCUT2D eigenvalue weighted by molar-refractivity contribution is 0.241. The molecule has 3 nitrogen and oxygen atoms in total. The minimum atomic E-state index is 0.606. The van der Waals surface area contributed by atoms with E-state index in [1.165, 1.54) is 43.6 Å². The summed E-state index contributed by atoms with van der Waals surface area (Å²) in [5.74, 6) is 0.862. The van der Waals surface area contributed by atoms with Gasteiger partial charge in [0.1, 0.15) is 0 Å². The van der Waals surface area contributed by atoms with Crippen molar-refractivity contribution in [3.63, 3.8) is 0 Å². The minimum absolute atomic E-state index is 0.606. The van der Waals surface area contributed by atoms with Crippen molar-refractivity contribution in [1.29, 1.82) is 0 Å². The first-order valence-electron chi connectivity index (χ1n) is 7.88. The lowest BCUT2D eigenvalue weighted by atomic mass is 9.95. The topological polar surface area (TPSA) is 18.5 Å². The van der Waals surface area contributed by atoms with E-state index in [1.54, 1.807) is 0 Å². The van der Waals surface area contributed by atoms with Crippen LogP contribution in [-0.2, 0) is 13.0 Å². The van der Waals surface area contributed by atoms with Gasteiger partial charge in [-0.3, -0.25) is 0 Å². The summed E-state index contributed by atoms with van der Waals surface area (Å²) >= 11 is 0. The smallest absolute Gasteiger partial charge is 0.0238 e. The average molecular weight is 273 g/mol. The van der Waals surface area contributed by atoms with E-state index in [2.05, 4.69) is 53.5 Å². The van der Waals surface area contributed by atoms with Gasteiger partial charge in [0.25, 0.3) is 0 Å². The monoisotopic (exact) mass is 273 g/mol. The summed E-state index contributed by atoms with van der Waals surface area (Å²) in [5, 5.41) is 3.69. The number of nitrogens with one attached hydrogen (secondary N) is 1. The zero-order valence-corrected chi connectivity index (χ0v) is 12.8. The SMILES string of the molecule is CN1CCC(CN(C)CC2Cc3ccccc3CN2)C1. The minimum Gasteiger partial charge on any atom is -0.308 e. The zero-order chi connectivity index (χ0) is 13.9. The third-order valence-corrected chi connectivity index (χ3v) is 4.76. The number of likely N-dealkylation sites (tertiary alicyclic amines) is 1. The van der Waals surface area contributed by atoms with Gasteiger partial charge < -0.3 is 15.1 Å². The molecule has 2 atom stereocenters. The highest BCUT2D eigenvalue weighted by atomic mass is 15.2. The molecule has 1 aromatic rings. The fourth-order valence-electron chi connectivity index (χ4n) is 3.72. The first-order chi connectivity index (χ1) is 9.70. The number of nitrogens with zero attached hydrogens (tertiary/aromatic N) is 2. The van der Waals surface area contributed by atoms with Gasteiger partial charge in [0.15, 0.2) is 0 Å². The Morgan fingerprint density at radius 3 is 2.80 bits per heavy atom. The molecule has 0 bridgehead atoms. The van der Waals surface area contributed by atoms with Crippen LogP contribution >= 0.6 is 0 Å². The van der Waals surface area contributed by atoms with E-state index in [1.807, 2.05) is 0 Å². The van der Waals surface area contributed by atoms with Crippen LogP contribution in [-0.4, -0.2) is 56.1 Å². The van der Waals surface area contributed by atoms with Crippen LogP contribution in [0.15, 0.2) is 24.3 Å². The predicted octanol–water partition coefficient (Wildman–Crippen LogP) is 1.58. The molecule has 0 spiro atoms. The van der Waals surface area contributed by atoms with Crippen LogP contribution in [0.3, 0.4) is 0 Å². The molecule has 20 heavy (non-hydrogen) atoms. The zero-order valence-electron chi connectivity index (χ0n) is 12.8. The molecule has 1 N–H and O–H groups in total. The van der Waals surface area contributed by atoms with Crippen molar-refractivity contribution in [1.82, 2.24) is 15.1 Å². The number of fused-ring (bicyclic) bond motifs is 1. The molecule has 2 unspecified atom stereocenters. The Kier molecular flexibility index (Phi) is 4.39. The standard InChI is InChI=1S/C17H27N3/c1-19-8-7-14(11-19)12-20(2)13-17-9-15-5-3-4-6-16(15)10-18-17/h3-6,14,17-18H,7-13H2,1-2H3. The molecule has 3 heteroatoms. The number of rotatable bonds is 4. The largest absolute Gasteiger partial charge is 0.308 e. The van der Waals surface area contributed by atoms with Crippen LogP contribution < -0.4 is 5.32 Å². The van der Waals surface area contributed by atoms with Crippen molar-refractivity contribution in [3.8, 4) is 0 Å². The molecular weight excluding hydrogens is 246 g/mol. The van der Waals surface area contributed by atoms with E-state index < -0.39 is 0 Å². The maximum absolute atomic E-state index is 3.69. The van der Waals surface area contributed by atoms with Gasteiger partial charge in [0, 0.05) is 32.2 Å². The first-order valence-corrected chi connectivity index (χ1v) is 7.88. The lowest BCUT2D eigenvalue weighted by Gasteiger charge is -2.30. The van der Waals surface area contributed by atoms with Crippen LogP contribution in [0, 0.1) is 5.92 Å². The molecule has 0 aromatic heterocycles. The summed E-state index contributed by atoms with van der Waals surface area (Å²) in [5.41, 5.74) is 3.01. The Bertz CT molecular complexity index is 446. The summed E-state index contributed by atoms with van der Waals surface area (Å²) in [6, 6.07) is 9.45. The fraction of sp³-hybridized carbons (Fsp3) is 0.647. The molecule has 1 aromatic carbocycles. The Hall–Kier alpha value is -0.900. The maximum atomic E-state index is 3.69. The van der Waals surface area contributed by atoms with Crippen molar-refractivity contribution >= 4 is 0 Å². The molecular formula is C17H27N3. The van der Waals surface area contributed by atoms with E-state index >= 15 is 0 Å². The van der Waals surface area contributed by atoms with Crippen molar-refractivity contribution in [2.45, 2.75) is 25.4 Å². The Morgan fingerprint density at radius 2 is 2.05 bits per heavy atom. The molecule has 0 radical (unpaired) electrons. The predicted molar refractivity (Wildman–Crippen MR) is 83.9 cm³/mol. The van der Waals surface area contributed by atoms with Gasteiger partial charge in [0.05, 0.1) is 0 Å². The molecule has 2 heterocycles. The summed E-state index contributed by atoms with van der Waals surface area (Å²) in [6.45, 7) is 5.97. The van der Waals surface area contributed by atoms with Gasteiger partial charge in [-0.05, 0) is 50.5 Å². The summed E-state index contributed by atoms with van der Waals surface area (Å²) in [7, 11) is 4.51. The highest BCUT2D eigenvalue weighted by Crippen LogP contribution is 2.18. The van der Waals surface area contributed by atoms with E-state index in [0.29, 0.717) is 6.04 Å². The fourth-order valence-corrected chi connectivity index (χ4v) is 3.72. The Morgan fingerprint density at radius 1 is 1.25 bits per heavy atom. The Labute approximate surface area is 123 Å². The third-order valence-electron chi connectivity index (χ3n) is 4.76. The molecule has 3 rings (SSSR count). The molecule has 0 amide bonds. The Balaban J connectivity index is 1.49. The summed E-state index contributed by atoms with van der Waals surface area (Å²) < 4.78 is 0. The van der Waals surface area contributed by atoms with Crippen molar-refractivity contribution in [2.24, 2.45) is 5.92 Å². The van der Waals surface area contributed by atoms with Crippen molar-refractivity contribution in [3.05, 3.63) is 35.4 Å². The van der Waals surface area contributed by atoms with E-state index in [9.17, 15) is 0 Å². The second-order valence-electron chi connectivity index (χ2n) is 6.69. The summed E-state index contributed by atoms with van der Waals surface area (Å²) in [6.07, 6.45) is 2.53. The second kappa shape index (κ2) is 6.25. The van der Waals surface area contributed by atoms with Gasteiger partial charge in [-0.15, -0.1) is 0 Å². The van der Waals surface area contributed by atoms with Crippen LogP contribution in [0.1, 0.15) is 17.5 Å². The number of hydrogen-bond donors (Lipinski definition) is 1. The van der Waals surface area contributed by atoms with Crippen molar-refractivity contribution in [2.75, 3.05) is 40.3 Å². The van der Waals surface area contributed by atoms with Gasteiger partial charge in [-0.1, -0.05) is 24.3 Å². The first kappa shape index (κ1) is 14.1. The van der Waals surface area contributed by atoms with Gasteiger partial charge in [-0.2, -0.15) is 0 Å². The highest BCUT2D eigenvalue weighted by molar-refractivity contribution is 5.29. The molecule has 2 aliphatic heterocycles. The second-order valence-corrected chi connectivity index (χ2v) is 6.69. The van der Waals surface area contributed by atoms with Crippen LogP contribution in [0.25, 0.3) is 0 Å². The third kappa shape index (κ3) is 3.40. The van der Waals surface area contributed by atoms with E-state index in [4.69, 9.17) is 0 Å². The molecule has 1 saturated heterocycles. The number of benzene rings is 1. The summed E-state index contributed by atoms with van der Waals surface area (Å²) in [4.78, 5) is 4.98. The van der Waals surface area contributed by atoms with Crippen LogP contribution in [0.2, 0.25) is 0 Å².